The molecule has 3 rings (SSSR count). The van der Waals surface area contributed by atoms with E-state index in [9.17, 15) is 9.18 Å². The molecule has 126 valence electrons. The Kier molecular flexibility index (Phi) is 4.89. The largest absolute Gasteiger partial charge is 0.497 e. The Balaban J connectivity index is 1.65. The molecular weight excluding hydrogens is 321 g/mol. The molecule has 3 aromatic rings. The highest BCUT2D eigenvalue weighted by Crippen LogP contribution is 2.18. The molecule has 25 heavy (non-hydrogen) atoms. The molecule has 0 unspecified atom stereocenters. The van der Waals surface area contributed by atoms with E-state index in [1.165, 1.54) is 12.1 Å². The summed E-state index contributed by atoms with van der Waals surface area (Å²) in [6, 6.07) is 16.3. The lowest BCUT2D eigenvalue weighted by Gasteiger charge is -2.08. The minimum atomic E-state index is -0.292. The number of nitrogens with one attached hydrogen (secondary N) is 2. The molecule has 0 saturated carbocycles. The zero-order valence-electron chi connectivity index (χ0n) is 13.5. The number of hydrogen-bond donors (Lipinski definition) is 2. The lowest BCUT2D eigenvalue weighted by Crippen LogP contribution is -2.12. The van der Waals surface area contributed by atoms with Gasteiger partial charge < -0.3 is 15.4 Å². The van der Waals surface area contributed by atoms with Crippen LogP contribution in [0.1, 0.15) is 10.4 Å². The number of rotatable bonds is 5. The first-order chi connectivity index (χ1) is 12.1. The van der Waals surface area contributed by atoms with Gasteiger partial charge in [0, 0.05) is 11.3 Å². The van der Waals surface area contributed by atoms with Crippen molar-refractivity contribution >= 4 is 23.1 Å². The number of carbonyl (C=O) groups is 1. The molecule has 1 aromatic heterocycles. The third kappa shape index (κ3) is 4.32. The monoisotopic (exact) mass is 337 g/mol. The lowest BCUT2D eigenvalue weighted by molar-refractivity contribution is 0.102. The van der Waals surface area contributed by atoms with Crippen molar-refractivity contribution in [2.75, 3.05) is 17.7 Å². The van der Waals surface area contributed by atoms with Crippen molar-refractivity contribution in [2.24, 2.45) is 0 Å². The van der Waals surface area contributed by atoms with Gasteiger partial charge in [-0.1, -0.05) is 6.07 Å². The summed E-state index contributed by atoms with van der Waals surface area (Å²) >= 11 is 0. The van der Waals surface area contributed by atoms with Crippen LogP contribution in [0.3, 0.4) is 0 Å². The van der Waals surface area contributed by atoms with E-state index in [1.54, 1.807) is 61.8 Å². The normalized spacial score (nSPS) is 10.2. The zero-order chi connectivity index (χ0) is 17.6. The number of pyridine rings is 1. The van der Waals surface area contributed by atoms with Gasteiger partial charge in [-0.2, -0.15) is 0 Å². The smallest absolute Gasteiger partial charge is 0.256 e. The molecule has 0 aliphatic heterocycles. The Morgan fingerprint density at radius 3 is 2.48 bits per heavy atom. The average molecular weight is 337 g/mol. The second-order valence-corrected chi connectivity index (χ2v) is 5.25. The molecule has 0 aliphatic rings. The van der Waals surface area contributed by atoms with Gasteiger partial charge in [0.2, 0.25) is 0 Å². The Hall–Kier alpha value is -3.41. The molecule has 0 bridgehead atoms. The Morgan fingerprint density at radius 1 is 1.04 bits per heavy atom. The highest BCUT2D eigenvalue weighted by molar-refractivity contribution is 6.04. The van der Waals surface area contributed by atoms with Gasteiger partial charge in [-0.25, -0.2) is 9.37 Å². The maximum Gasteiger partial charge on any atom is 0.256 e. The van der Waals surface area contributed by atoms with Crippen LogP contribution < -0.4 is 15.4 Å². The van der Waals surface area contributed by atoms with Crippen LogP contribution in [-0.2, 0) is 0 Å². The molecule has 1 heterocycles. The van der Waals surface area contributed by atoms with Crippen molar-refractivity contribution in [1.82, 2.24) is 4.98 Å². The maximum atomic E-state index is 12.9. The van der Waals surface area contributed by atoms with Crippen molar-refractivity contribution in [3.63, 3.8) is 0 Å². The molecular formula is C19H16FN3O2. The van der Waals surface area contributed by atoms with Crippen LogP contribution in [0, 0.1) is 5.82 Å². The fourth-order valence-corrected chi connectivity index (χ4v) is 2.19. The summed E-state index contributed by atoms with van der Waals surface area (Å²) in [5, 5.41) is 5.83. The number of hydrogen-bond acceptors (Lipinski definition) is 4. The van der Waals surface area contributed by atoms with Crippen molar-refractivity contribution in [3.05, 3.63) is 78.2 Å². The number of anilines is 3. The van der Waals surface area contributed by atoms with E-state index in [2.05, 4.69) is 15.6 Å². The van der Waals surface area contributed by atoms with Crippen LogP contribution in [0.4, 0.5) is 21.6 Å². The van der Waals surface area contributed by atoms with Crippen LogP contribution in [-0.4, -0.2) is 18.0 Å². The second kappa shape index (κ2) is 7.44. The number of carbonyl (C=O) groups excluding carboxylic acids is 1. The van der Waals surface area contributed by atoms with Gasteiger partial charge in [-0.15, -0.1) is 0 Å². The molecule has 1 amide bonds. The first-order valence-corrected chi connectivity index (χ1v) is 7.58. The van der Waals surface area contributed by atoms with Crippen LogP contribution in [0.2, 0.25) is 0 Å². The molecule has 2 N–H and O–H groups in total. The molecule has 6 heteroatoms. The summed E-state index contributed by atoms with van der Waals surface area (Å²) in [5.41, 5.74) is 1.96. The number of ether oxygens (including phenoxy) is 1. The van der Waals surface area contributed by atoms with Crippen molar-refractivity contribution in [3.8, 4) is 5.75 Å². The number of nitrogens with zero attached hydrogens (tertiary/aromatic N) is 1. The quantitative estimate of drug-likeness (QED) is 0.731. The van der Waals surface area contributed by atoms with E-state index in [0.717, 1.165) is 11.4 Å². The summed E-state index contributed by atoms with van der Waals surface area (Å²) in [5.74, 6) is 0.474. The Labute approximate surface area is 144 Å². The van der Waals surface area contributed by atoms with Gasteiger partial charge in [0.1, 0.15) is 17.4 Å². The summed E-state index contributed by atoms with van der Waals surface area (Å²) < 4.78 is 18.0. The predicted molar refractivity (Wildman–Crippen MR) is 94.9 cm³/mol. The predicted octanol–water partition coefficient (Wildman–Crippen LogP) is 4.23. The van der Waals surface area contributed by atoms with E-state index in [1.807, 2.05) is 0 Å². The molecule has 0 aliphatic carbocycles. The second-order valence-electron chi connectivity index (χ2n) is 5.25. The fourth-order valence-electron chi connectivity index (χ4n) is 2.19. The van der Waals surface area contributed by atoms with Gasteiger partial charge in [0.25, 0.3) is 5.91 Å². The van der Waals surface area contributed by atoms with Gasteiger partial charge in [-0.3, -0.25) is 4.79 Å². The molecule has 0 atom stereocenters. The van der Waals surface area contributed by atoms with Crippen LogP contribution in [0.5, 0.6) is 5.75 Å². The Morgan fingerprint density at radius 2 is 1.80 bits per heavy atom. The molecule has 0 spiro atoms. The van der Waals surface area contributed by atoms with Crippen LogP contribution >= 0.6 is 0 Å². The standard InChI is InChI=1S/C19H16FN3O2/c1-25-17-4-2-3-13(11-17)19(24)23-18-10-9-16(12-21-18)22-15-7-5-14(20)6-8-15/h2-12,22H,1H3,(H,21,23,24). The fraction of sp³-hybridized carbons (Fsp3) is 0.0526. The van der Waals surface area contributed by atoms with E-state index < -0.39 is 0 Å². The first-order valence-electron chi connectivity index (χ1n) is 7.58. The van der Waals surface area contributed by atoms with E-state index in [-0.39, 0.29) is 11.7 Å². The highest BCUT2D eigenvalue weighted by Gasteiger charge is 2.08. The van der Waals surface area contributed by atoms with Crippen LogP contribution in [0.15, 0.2) is 66.9 Å². The summed E-state index contributed by atoms with van der Waals surface area (Å²) in [7, 11) is 1.55. The number of benzene rings is 2. The highest BCUT2D eigenvalue weighted by atomic mass is 19.1. The summed E-state index contributed by atoms with van der Waals surface area (Å²) in [6.45, 7) is 0. The van der Waals surface area contributed by atoms with Crippen molar-refractivity contribution < 1.29 is 13.9 Å². The van der Waals surface area contributed by atoms with Crippen molar-refractivity contribution in [2.45, 2.75) is 0 Å². The molecule has 0 saturated heterocycles. The number of methoxy groups -OCH3 is 1. The minimum absolute atomic E-state index is 0.273. The maximum absolute atomic E-state index is 12.9. The number of halogens is 1. The van der Waals surface area contributed by atoms with Gasteiger partial charge >= 0.3 is 0 Å². The van der Waals surface area contributed by atoms with E-state index in [0.29, 0.717) is 17.1 Å². The van der Waals surface area contributed by atoms with Crippen LogP contribution in [0.25, 0.3) is 0 Å². The summed E-state index contributed by atoms with van der Waals surface area (Å²) in [4.78, 5) is 16.4. The molecule has 2 aromatic carbocycles. The third-order valence-electron chi connectivity index (χ3n) is 3.47. The van der Waals surface area contributed by atoms with Gasteiger partial charge in [0.15, 0.2) is 0 Å². The molecule has 0 fully saturated rings. The van der Waals surface area contributed by atoms with Gasteiger partial charge in [-0.05, 0) is 54.6 Å². The zero-order valence-corrected chi connectivity index (χ0v) is 13.5. The third-order valence-corrected chi connectivity index (χ3v) is 3.47. The number of amides is 1. The molecule has 5 nitrogen and oxygen atoms in total. The SMILES string of the molecule is COc1cccc(C(=O)Nc2ccc(Nc3ccc(F)cc3)cn2)c1. The summed E-state index contributed by atoms with van der Waals surface area (Å²) in [6.07, 6.45) is 1.59. The first kappa shape index (κ1) is 16.4. The Bertz CT molecular complexity index is 865. The molecule has 0 radical (unpaired) electrons. The number of aromatic nitrogens is 1. The topological polar surface area (TPSA) is 63.2 Å². The van der Waals surface area contributed by atoms with Crippen molar-refractivity contribution in [1.29, 1.82) is 0 Å². The van der Waals surface area contributed by atoms with Gasteiger partial charge in [0.05, 0.1) is 19.0 Å². The minimum Gasteiger partial charge on any atom is -0.497 e. The average Bonchev–Trinajstić information content (AvgIpc) is 2.65. The van der Waals surface area contributed by atoms with E-state index >= 15 is 0 Å². The van der Waals surface area contributed by atoms with E-state index in [4.69, 9.17) is 4.74 Å². The lowest BCUT2D eigenvalue weighted by atomic mass is 10.2.